The summed E-state index contributed by atoms with van der Waals surface area (Å²) in [5.41, 5.74) is 1.17. The molecule has 0 spiro atoms. The highest BCUT2D eigenvalue weighted by atomic mass is 16.5. The molecule has 0 unspecified atom stereocenters. The fourth-order valence-electron chi connectivity index (χ4n) is 2.06. The van der Waals surface area contributed by atoms with Crippen LogP contribution in [0.1, 0.15) is 32.4 Å². The van der Waals surface area contributed by atoms with Crippen LogP contribution < -0.4 is 10.6 Å². The summed E-state index contributed by atoms with van der Waals surface area (Å²) >= 11 is 0. The molecular weight excluding hydrogens is 256 g/mol. The normalized spacial score (nSPS) is 13.7. The summed E-state index contributed by atoms with van der Waals surface area (Å²) in [4.78, 5) is 22.9. The molecule has 0 aromatic heterocycles. The lowest BCUT2D eigenvalue weighted by Crippen LogP contribution is -2.93. The Bertz CT molecular complexity index is 446. The standard InChI is InChI=1S/C15H22N2O3/c1-10(2)13(12-8-6-5-7-9-12)16-11(3)14(18)17-15(19)20-4/h5-11,13,16H,1-4H3,(H,17,18,19)/p+1/t11-,13+/m1/s1. The predicted octanol–water partition coefficient (Wildman–Crippen LogP) is 1.22. The van der Waals surface area contributed by atoms with Gasteiger partial charge in [0.1, 0.15) is 6.04 Å². The molecule has 0 aliphatic heterocycles. The van der Waals surface area contributed by atoms with Gasteiger partial charge in [0, 0.05) is 11.5 Å². The molecule has 110 valence electrons. The minimum Gasteiger partial charge on any atom is -0.453 e. The third kappa shape index (κ3) is 4.66. The van der Waals surface area contributed by atoms with E-state index in [2.05, 4.69) is 23.9 Å². The van der Waals surface area contributed by atoms with Crippen molar-refractivity contribution in [3.8, 4) is 0 Å². The molecule has 0 saturated carbocycles. The van der Waals surface area contributed by atoms with E-state index in [0.717, 1.165) is 0 Å². The van der Waals surface area contributed by atoms with Gasteiger partial charge in [0.2, 0.25) is 0 Å². The van der Waals surface area contributed by atoms with Crippen molar-refractivity contribution in [2.24, 2.45) is 5.92 Å². The van der Waals surface area contributed by atoms with Crippen LogP contribution >= 0.6 is 0 Å². The molecule has 5 heteroatoms. The van der Waals surface area contributed by atoms with Crippen LogP contribution in [0.5, 0.6) is 0 Å². The lowest BCUT2D eigenvalue weighted by molar-refractivity contribution is -0.719. The topological polar surface area (TPSA) is 72.0 Å². The van der Waals surface area contributed by atoms with Crippen molar-refractivity contribution < 1.29 is 19.6 Å². The second-order valence-electron chi connectivity index (χ2n) is 5.14. The quantitative estimate of drug-likeness (QED) is 0.851. The molecule has 0 aliphatic carbocycles. The second-order valence-corrected chi connectivity index (χ2v) is 5.14. The van der Waals surface area contributed by atoms with E-state index < -0.39 is 6.09 Å². The number of hydrogen-bond acceptors (Lipinski definition) is 3. The van der Waals surface area contributed by atoms with Crippen LogP contribution in [0.3, 0.4) is 0 Å². The maximum atomic E-state index is 11.9. The van der Waals surface area contributed by atoms with Crippen LogP contribution in [0.4, 0.5) is 4.79 Å². The van der Waals surface area contributed by atoms with E-state index in [1.165, 1.54) is 12.7 Å². The summed E-state index contributed by atoms with van der Waals surface area (Å²) < 4.78 is 4.42. The first kappa shape index (κ1) is 16.2. The largest absolute Gasteiger partial charge is 0.453 e. The Labute approximate surface area is 119 Å². The zero-order valence-corrected chi connectivity index (χ0v) is 12.4. The zero-order valence-electron chi connectivity index (χ0n) is 12.4. The van der Waals surface area contributed by atoms with Crippen molar-refractivity contribution in [3.05, 3.63) is 35.9 Å². The zero-order chi connectivity index (χ0) is 15.1. The SMILES string of the molecule is COC(=O)NC(=O)[C@@H](C)[NH2+][C@H](c1ccccc1)C(C)C. The number of nitrogens with one attached hydrogen (secondary N) is 1. The van der Waals surface area contributed by atoms with Crippen LogP contribution in [0, 0.1) is 5.92 Å². The maximum Gasteiger partial charge on any atom is 0.413 e. The number of imide groups is 1. The fourth-order valence-corrected chi connectivity index (χ4v) is 2.06. The van der Waals surface area contributed by atoms with Gasteiger partial charge < -0.3 is 10.1 Å². The lowest BCUT2D eigenvalue weighted by Gasteiger charge is -2.22. The smallest absolute Gasteiger partial charge is 0.413 e. The Morgan fingerprint density at radius 2 is 1.75 bits per heavy atom. The number of benzene rings is 1. The maximum absolute atomic E-state index is 11.9. The molecule has 1 aromatic carbocycles. The van der Waals surface area contributed by atoms with E-state index >= 15 is 0 Å². The first-order chi connectivity index (χ1) is 9.45. The minimum atomic E-state index is -0.726. The molecule has 0 bridgehead atoms. The molecule has 5 nitrogen and oxygen atoms in total. The Kier molecular flexibility index (Phi) is 6.18. The van der Waals surface area contributed by atoms with Gasteiger partial charge in [-0.25, -0.2) is 4.79 Å². The number of hydrogen-bond donors (Lipinski definition) is 2. The van der Waals surface area contributed by atoms with Gasteiger partial charge in [0.05, 0.1) is 7.11 Å². The molecule has 2 amide bonds. The first-order valence-electron chi connectivity index (χ1n) is 6.74. The average Bonchev–Trinajstić information content (AvgIpc) is 2.44. The highest BCUT2D eigenvalue weighted by Crippen LogP contribution is 2.17. The van der Waals surface area contributed by atoms with Crippen LogP contribution in [0.25, 0.3) is 0 Å². The molecule has 3 N–H and O–H groups in total. The highest BCUT2D eigenvalue weighted by Gasteiger charge is 2.26. The average molecular weight is 279 g/mol. The van der Waals surface area contributed by atoms with E-state index in [0.29, 0.717) is 5.92 Å². The van der Waals surface area contributed by atoms with Crippen LogP contribution in [0.2, 0.25) is 0 Å². The van der Waals surface area contributed by atoms with E-state index in [1.54, 1.807) is 6.92 Å². The highest BCUT2D eigenvalue weighted by molar-refractivity contribution is 5.93. The molecule has 0 saturated heterocycles. The van der Waals surface area contributed by atoms with Gasteiger partial charge in [-0.2, -0.15) is 0 Å². The molecule has 20 heavy (non-hydrogen) atoms. The molecule has 1 rings (SSSR count). The first-order valence-corrected chi connectivity index (χ1v) is 6.74. The number of methoxy groups -OCH3 is 1. The predicted molar refractivity (Wildman–Crippen MR) is 76.0 cm³/mol. The molecule has 0 radical (unpaired) electrons. The number of alkyl carbamates (subject to hydrolysis) is 1. The van der Waals surface area contributed by atoms with Crippen molar-refractivity contribution in [1.82, 2.24) is 5.32 Å². The van der Waals surface area contributed by atoms with Gasteiger partial charge in [-0.15, -0.1) is 0 Å². The number of ether oxygens (including phenoxy) is 1. The van der Waals surface area contributed by atoms with Crippen LogP contribution in [-0.2, 0) is 9.53 Å². The molecule has 1 aromatic rings. The van der Waals surface area contributed by atoms with E-state index in [-0.39, 0.29) is 18.0 Å². The molecule has 0 fully saturated rings. The van der Waals surface area contributed by atoms with Gasteiger partial charge in [-0.05, 0) is 6.92 Å². The monoisotopic (exact) mass is 279 g/mol. The molecule has 0 aliphatic rings. The summed E-state index contributed by atoms with van der Waals surface area (Å²) in [5.74, 6) is 0.0178. The number of carbonyl (C=O) groups excluding carboxylic acids is 2. The van der Waals surface area contributed by atoms with Crippen LogP contribution in [-0.4, -0.2) is 25.2 Å². The summed E-state index contributed by atoms with van der Waals surface area (Å²) in [6.45, 7) is 5.99. The summed E-state index contributed by atoms with van der Waals surface area (Å²) in [6, 6.07) is 9.82. The van der Waals surface area contributed by atoms with Crippen molar-refractivity contribution in [3.63, 3.8) is 0 Å². The molecule has 2 atom stereocenters. The number of quaternary nitrogens is 1. The van der Waals surface area contributed by atoms with E-state index in [1.807, 2.05) is 35.6 Å². The van der Waals surface area contributed by atoms with Crippen molar-refractivity contribution >= 4 is 12.0 Å². The van der Waals surface area contributed by atoms with Gasteiger partial charge >= 0.3 is 6.09 Å². The van der Waals surface area contributed by atoms with Gasteiger partial charge in [0.25, 0.3) is 5.91 Å². The third-order valence-corrected chi connectivity index (χ3v) is 3.22. The number of nitrogens with two attached hydrogens (primary N) is 1. The Morgan fingerprint density at radius 1 is 1.15 bits per heavy atom. The lowest BCUT2D eigenvalue weighted by atomic mass is 9.95. The van der Waals surface area contributed by atoms with Crippen molar-refractivity contribution in [2.45, 2.75) is 32.9 Å². The summed E-state index contributed by atoms with van der Waals surface area (Å²) in [6.07, 6.45) is -0.726. The number of rotatable bonds is 5. The molecular formula is C15H23N2O3+. The van der Waals surface area contributed by atoms with Crippen molar-refractivity contribution in [1.29, 1.82) is 0 Å². The number of carbonyl (C=O) groups is 2. The van der Waals surface area contributed by atoms with Gasteiger partial charge in [0.15, 0.2) is 6.04 Å². The van der Waals surface area contributed by atoms with E-state index in [4.69, 9.17) is 0 Å². The Hall–Kier alpha value is -1.88. The Balaban J connectivity index is 2.71. The summed E-state index contributed by atoms with van der Waals surface area (Å²) in [7, 11) is 1.23. The van der Waals surface area contributed by atoms with E-state index in [9.17, 15) is 9.59 Å². The second kappa shape index (κ2) is 7.65. The number of amides is 2. The van der Waals surface area contributed by atoms with Crippen molar-refractivity contribution in [2.75, 3.05) is 7.11 Å². The molecule has 0 heterocycles. The minimum absolute atomic E-state index is 0.162. The third-order valence-electron chi connectivity index (χ3n) is 3.22. The Morgan fingerprint density at radius 3 is 2.25 bits per heavy atom. The van der Waals surface area contributed by atoms with Gasteiger partial charge in [-0.3, -0.25) is 10.1 Å². The van der Waals surface area contributed by atoms with Crippen LogP contribution in [0.15, 0.2) is 30.3 Å². The summed E-state index contributed by atoms with van der Waals surface area (Å²) in [5, 5.41) is 4.16. The fraction of sp³-hybridized carbons (Fsp3) is 0.467. The van der Waals surface area contributed by atoms with Gasteiger partial charge in [-0.1, -0.05) is 44.2 Å².